The highest BCUT2D eigenvalue weighted by atomic mass is 16.5. The van der Waals surface area contributed by atoms with Gasteiger partial charge in [0.05, 0.1) is 30.5 Å². The molecular weight excluding hydrogens is 404 g/mol. The van der Waals surface area contributed by atoms with Gasteiger partial charge in [0.1, 0.15) is 11.9 Å². The average Bonchev–Trinajstić information content (AvgIpc) is 3.39. The number of rotatable bonds is 7. The summed E-state index contributed by atoms with van der Waals surface area (Å²) >= 11 is 0. The highest BCUT2D eigenvalue weighted by Crippen LogP contribution is 2.28. The molecule has 8 nitrogen and oxygen atoms in total. The molecule has 2 aliphatic rings. The third-order valence-electron chi connectivity index (χ3n) is 6.55. The number of ether oxygens (including phenoxy) is 1. The summed E-state index contributed by atoms with van der Waals surface area (Å²) in [5.41, 5.74) is 3.55. The number of nitrogens with zero attached hydrogens (tertiary/aromatic N) is 5. The van der Waals surface area contributed by atoms with Gasteiger partial charge in [-0.25, -0.2) is 0 Å². The summed E-state index contributed by atoms with van der Waals surface area (Å²) in [7, 11) is 0. The minimum atomic E-state index is -0.0780. The molecule has 2 saturated heterocycles. The minimum absolute atomic E-state index is 0.0780. The second kappa shape index (κ2) is 10.3. The van der Waals surface area contributed by atoms with Gasteiger partial charge in [0, 0.05) is 51.2 Å². The second-order valence-corrected chi connectivity index (χ2v) is 8.71. The van der Waals surface area contributed by atoms with E-state index in [9.17, 15) is 10.1 Å². The summed E-state index contributed by atoms with van der Waals surface area (Å²) in [5.74, 6) is 0.530. The minimum Gasteiger partial charge on any atom is -0.376 e. The molecule has 170 valence electrons. The van der Waals surface area contributed by atoms with Gasteiger partial charge < -0.3 is 14.6 Å². The van der Waals surface area contributed by atoms with Crippen LogP contribution in [-0.4, -0.2) is 70.7 Å². The first-order valence-electron chi connectivity index (χ1n) is 11.4. The van der Waals surface area contributed by atoms with E-state index in [1.807, 2.05) is 42.8 Å². The number of anilines is 1. The number of carbonyl (C=O) groups excluding carboxylic acids is 1. The Labute approximate surface area is 189 Å². The maximum atomic E-state index is 12.9. The van der Waals surface area contributed by atoms with Gasteiger partial charge in [0.15, 0.2) is 0 Å². The van der Waals surface area contributed by atoms with Crippen molar-refractivity contribution in [1.29, 1.82) is 5.26 Å². The van der Waals surface area contributed by atoms with Crippen molar-refractivity contribution in [2.75, 3.05) is 44.6 Å². The lowest BCUT2D eigenvalue weighted by atomic mass is 10.2. The number of nitriles is 1. The number of hydrogen-bond donors (Lipinski definition) is 1. The van der Waals surface area contributed by atoms with Crippen LogP contribution < -0.4 is 5.32 Å². The first-order chi connectivity index (χ1) is 15.5. The Balaban J connectivity index is 1.35. The molecule has 0 unspecified atom stereocenters. The third-order valence-corrected chi connectivity index (χ3v) is 6.55. The number of carbonyl (C=O) groups is 1. The van der Waals surface area contributed by atoms with Crippen LogP contribution in [0.1, 0.15) is 35.4 Å². The van der Waals surface area contributed by atoms with Crippen molar-refractivity contribution in [1.82, 2.24) is 19.4 Å². The van der Waals surface area contributed by atoms with Crippen LogP contribution in [0.5, 0.6) is 0 Å². The SMILES string of the molecule is Cc1c(C#N)c(NC(=O)CN2CCN(Cc3ccccn3)CC2)n(C[C@@H]2CCCO2)c1C. The standard InChI is InChI=1S/C24H32N6O2/c1-18-19(2)30(16-21-7-5-13-32-21)24(22(18)14-25)27-23(31)17-29-11-9-28(10-12-29)15-20-6-3-4-8-26-20/h3-4,6,8,21H,5,7,9-13,15-17H2,1-2H3,(H,27,31)/t21-/m0/s1. The quantitative estimate of drug-likeness (QED) is 0.717. The van der Waals surface area contributed by atoms with Crippen LogP contribution in [0.15, 0.2) is 24.4 Å². The summed E-state index contributed by atoms with van der Waals surface area (Å²) in [4.78, 5) is 21.8. The molecule has 1 amide bonds. The molecule has 32 heavy (non-hydrogen) atoms. The Kier molecular flexibility index (Phi) is 7.20. The predicted molar refractivity (Wildman–Crippen MR) is 122 cm³/mol. The average molecular weight is 437 g/mol. The van der Waals surface area contributed by atoms with E-state index in [-0.39, 0.29) is 12.0 Å². The molecule has 0 spiro atoms. The van der Waals surface area contributed by atoms with Crippen molar-refractivity contribution in [3.05, 3.63) is 46.9 Å². The number of piperazine rings is 1. The van der Waals surface area contributed by atoms with E-state index in [4.69, 9.17) is 4.74 Å². The van der Waals surface area contributed by atoms with Gasteiger partial charge in [-0.15, -0.1) is 0 Å². The topological polar surface area (TPSA) is 86.4 Å². The number of hydrogen-bond acceptors (Lipinski definition) is 6. The van der Waals surface area contributed by atoms with Crippen molar-refractivity contribution in [3.63, 3.8) is 0 Å². The van der Waals surface area contributed by atoms with E-state index in [2.05, 4.69) is 26.2 Å². The summed E-state index contributed by atoms with van der Waals surface area (Å²) < 4.78 is 7.84. The molecule has 0 aromatic carbocycles. The van der Waals surface area contributed by atoms with Crippen LogP contribution in [0.25, 0.3) is 0 Å². The van der Waals surface area contributed by atoms with E-state index >= 15 is 0 Å². The number of aromatic nitrogens is 2. The Hall–Kier alpha value is -2.73. The first kappa shape index (κ1) is 22.5. The van der Waals surface area contributed by atoms with E-state index in [0.717, 1.165) is 69.1 Å². The van der Waals surface area contributed by atoms with E-state index < -0.39 is 0 Å². The van der Waals surface area contributed by atoms with Gasteiger partial charge >= 0.3 is 0 Å². The number of amides is 1. The molecule has 8 heteroatoms. The van der Waals surface area contributed by atoms with Gasteiger partial charge in [-0.1, -0.05) is 6.07 Å². The molecule has 2 aliphatic heterocycles. The van der Waals surface area contributed by atoms with Gasteiger partial charge in [0.2, 0.25) is 5.91 Å². The number of pyridine rings is 1. The largest absolute Gasteiger partial charge is 0.376 e. The lowest BCUT2D eigenvalue weighted by molar-refractivity contribution is -0.117. The molecule has 2 aromatic rings. The molecule has 4 rings (SSSR count). The Morgan fingerprint density at radius 3 is 2.69 bits per heavy atom. The van der Waals surface area contributed by atoms with Crippen LogP contribution in [-0.2, 0) is 22.6 Å². The maximum absolute atomic E-state index is 12.9. The molecule has 1 N–H and O–H groups in total. The summed E-state index contributed by atoms with van der Waals surface area (Å²) in [6, 6.07) is 8.27. The fourth-order valence-electron chi connectivity index (χ4n) is 4.55. The van der Waals surface area contributed by atoms with E-state index in [1.165, 1.54) is 0 Å². The number of nitrogens with one attached hydrogen (secondary N) is 1. The van der Waals surface area contributed by atoms with Gasteiger partial charge in [-0.05, 0) is 44.4 Å². The second-order valence-electron chi connectivity index (χ2n) is 8.71. The fourth-order valence-corrected chi connectivity index (χ4v) is 4.55. The zero-order chi connectivity index (χ0) is 22.5. The summed E-state index contributed by atoms with van der Waals surface area (Å²) in [5, 5.41) is 12.8. The Morgan fingerprint density at radius 2 is 2.03 bits per heavy atom. The smallest absolute Gasteiger partial charge is 0.239 e. The molecular formula is C24H32N6O2. The van der Waals surface area contributed by atoms with Gasteiger partial charge in [-0.2, -0.15) is 5.26 Å². The first-order valence-corrected chi connectivity index (χ1v) is 11.4. The molecule has 0 saturated carbocycles. The van der Waals surface area contributed by atoms with E-state index in [0.29, 0.717) is 24.5 Å². The van der Waals surface area contributed by atoms with E-state index in [1.54, 1.807) is 0 Å². The van der Waals surface area contributed by atoms with Crippen molar-refractivity contribution in [2.24, 2.45) is 0 Å². The molecule has 4 heterocycles. The van der Waals surface area contributed by atoms with Gasteiger partial charge in [0.25, 0.3) is 0 Å². The van der Waals surface area contributed by atoms with Crippen molar-refractivity contribution in [2.45, 2.75) is 45.9 Å². The van der Waals surface area contributed by atoms with Crippen molar-refractivity contribution < 1.29 is 9.53 Å². The van der Waals surface area contributed by atoms with Crippen LogP contribution in [0, 0.1) is 25.2 Å². The maximum Gasteiger partial charge on any atom is 0.239 e. The van der Waals surface area contributed by atoms with Gasteiger partial charge in [-0.3, -0.25) is 19.6 Å². The van der Waals surface area contributed by atoms with Crippen LogP contribution in [0.4, 0.5) is 5.82 Å². The Morgan fingerprint density at radius 1 is 1.25 bits per heavy atom. The molecule has 1 atom stereocenters. The van der Waals surface area contributed by atoms with Crippen LogP contribution in [0.2, 0.25) is 0 Å². The summed E-state index contributed by atoms with van der Waals surface area (Å²) in [6.45, 7) is 10.0. The molecule has 2 fully saturated rings. The fraction of sp³-hybridized carbons (Fsp3) is 0.542. The molecule has 0 aliphatic carbocycles. The molecule has 0 radical (unpaired) electrons. The van der Waals surface area contributed by atoms with Crippen LogP contribution in [0.3, 0.4) is 0 Å². The molecule has 0 bridgehead atoms. The highest BCUT2D eigenvalue weighted by Gasteiger charge is 2.25. The highest BCUT2D eigenvalue weighted by molar-refractivity contribution is 5.93. The lowest BCUT2D eigenvalue weighted by Crippen LogP contribution is -2.48. The van der Waals surface area contributed by atoms with Crippen LogP contribution >= 0.6 is 0 Å². The van der Waals surface area contributed by atoms with Crippen molar-refractivity contribution in [3.8, 4) is 6.07 Å². The Bertz CT molecular complexity index is 967. The normalized spacial score (nSPS) is 19.7. The lowest BCUT2D eigenvalue weighted by Gasteiger charge is -2.34. The molecule has 2 aromatic heterocycles. The zero-order valence-corrected chi connectivity index (χ0v) is 19.0. The van der Waals surface area contributed by atoms with Crippen molar-refractivity contribution >= 4 is 11.7 Å². The predicted octanol–water partition coefficient (Wildman–Crippen LogP) is 2.31. The third kappa shape index (κ3) is 5.18. The monoisotopic (exact) mass is 436 g/mol. The zero-order valence-electron chi connectivity index (χ0n) is 19.0. The summed E-state index contributed by atoms with van der Waals surface area (Å²) in [6.07, 6.45) is 4.02.